The van der Waals surface area contributed by atoms with Crippen molar-refractivity contribution >= 4 is 27.2 Å². The topological polar surface area (TPSA) is 63.4 Å². The molecule has 0 aromatic rings. The molecule has 16 heavy (non-hydrogen) atoms. The van der Waals surface area contributed by atoms with Crippen LogP contribution >= 0.6 is 12.2 Å². The van der Waals surface area contributed by atoms with Crippen LogP contribution in [0.3, 0.4) is 0 Å². The van der Waals surface area contributed by atoms with Gasteiger partial charge in [0.25, 0.3) is 0 Å². The lowest BCUT2D eigenvalue weighted by Crippen LogP contribution is -2.39. The molecule has 0 aromatic heterocycles. The number of sulfonamides is 1. The van der Waals surface area contributed by atoms with Crippen LogP contribution in [0.15, 0.2) is 0 Å². The highest BCUT2D eigenvalue weighted by molar-refractivity contribution is 7.89. The first kappa shape index (κ1) is 15.8. The number of nitrogens with two attached hydrogens (primary N) is 1. The molecular formula is C10H22N2O2S2. The molecule has 0 bridgehead atoms. The fourth-order valence-electron chi connectivity index (χ4n) is 1.14. The van der Waals surface area contributed by atoms with Gasteiger partial charge in [-0.25, -0.2) is 8.42 Å². The highest BCUT2D eigenvalue weighted by Crippen LogP contribution is 2.20. The van der Waals surface area contributed by atoms with Gasteiger partial charge in [-0.15, -0.1) is 0 Å². The third-order valence-corrected chi connectivity index (χ3v) is 4.21. The van der Waals surface area contributed by atoms with Crippen LogP contribution in [0.2, 0.25) is 0 Å². The average molecular weight is 266 g/mol. The largest absolute Gasteiger partial charge is 0.392 e. The molecule has 0 aliphatic rings. The smallest absolute Gasteiger partial charge is 0.214 e. The third-order valence-electron chi connectivity index (χ3n) is 2.19. The molecule has 0 unspecified atom stereocenters. The summed E-state index contributed by atoms with van der Waals surface area (Å²) < 4.78 is 25.2. The summed E-state index contributed by atoms with van der Waals surface area (Å²) in [5.41, 5.74) is 5.38. The van der Waals surface area contributed by atoms with Gasteiger partial charge < -0.3 is 5.73 Å². The maximum atomic E-state index is 12.0. The molecule has 96 valence electrons. The van der Waals surface area contributed by atoms with E-state index >= 15 is 0 Å². The Morgan fingerprint density at radius 2 is 1.88 bits per heavy atom. The molecule has 0 saturated heterocycles. The van der Waals surface area contributed by atoms with Crippen LogP contribution in [-0.2, 0) is 10.0 Å². The lowest BCUT2D eigenvalue weighted by Gasteiger charge is -2.23. The van der Waals surface area contributed by atoms with Gasteiger partial charge in [-0.05, 0) is 11.8 Å². The minimum absolute atomic E-state index is 0.00963. The van der Waals surface area contributed by atoms with Crippen molar-refractivity contribution in [2.75, 3.05) is 18.8 Å². The van der Waals surface area contributed by atoms with Gasteiger partial charge in [0.1, 0.15) is 0 Å². The van der Waals surface area contributed by atoms with Gasteiger partial charge >= 0.3 is 0 Å². The number of rotatable bonds is 6. The van der Waals surface area contributed by atoms with E-state index in [-0.39, 0.29) is 22.7 Å². The molecule has 6 heteroatoms. The molecule has 0 atom stereocenters. The summed E-state index contributed by atoms with van der Waals surface area (Å²) in [6, 6.07) is 0. The van der Waals surface area contributed by atoms with E-state index in [1.807, 2.05) is 20.8 Å². The zero-order valence-electron chi connectivity index (χ0n) is 10.5. The minimum Gasteiger partial charge on any atom is -0.392 e. The molecule has 0 aliphatic carbocycles. The summed E-state index contributed by atoms with van der Waals surface area (Å²) >= 11 is 4.74. The monoisotopic (exact) mass is 266 g/mol. The average Bonchev–Trinajstić information content (AvgIpc) is 2.09. The van der Waals surface area contributed by atoms with E-state index in [4.69, 9.17) is 18.0 Å². The molecule has 4 nitrogen and oxygen atoms in total. The molecule has 0 heterocycles. The Kier molecular flexibility index (Phi) is 5.86. The van der Waals surface area contributed by atoms with Crippen LogP contribution in [0.4, 0.5) is 0 Å². The summed E-state index contributed by atoms with van der Waals surface area (Å²) in [6.45, 7) is 8.39. The maximum Gasteiger partial charge on any atom is 0.214 e. The normalized spacial score (nSPS) is 13.1. The standard InChI is InChI=1S/C10H22N2O2S2/c1-5-12(8-9(11)15)16(13,14)7-6-10(2,3)4/h5-8H2,1-4H3,(H2,11,15). The molecule has 0 aliphatic heterocycles. The highest BCUT2D eigenvalue weighted by Gasteiger charge is 2.23. The van der Waals surface area contributed by atoms with Crippen molar-refractivity contribution < 1.29 is 8.42 Å². The van der Waals surface area contributed by atoms with Crippen LogP contribution in [0.5, 0.6) is 0 Å². The number of likely N-dealkylation sites (N-methyl/N-ethyl adjacent to an activating group) is 1. The SMILES string of the molecule is CCN(CC(N)=S)S(=O)(=O)CCC(C)(C)C. The summed E-state index contributed by atoms with van der Waals surface area (Å²) in [4.78, 5) is 0.209. The zero-order valence-corrected chi connectivity index (χ0v) is 12.1. The Labute approximate surface area is 104 Å². The second-order valence-corrected chi connectivity index (χ2v) is 7.63. The maximum absolute atomic E-state index is 12.0. The molecular weight excluding hydrogens is 244 g/mol. The summed E-state index contributed by atoms with van der Waals surface area (Å²) in [5, 5.41) is 0. The summed E-state index contributed by atoms with van der Waals surface area (Å²) in [7, 11) is -3.23. The Hall–Kier alpha value is -0.200. The third kappa shape index (κ3) is 6.40. The van der Waals surface area contributed by atoms with Crippen LogP contribution < -0.4 is 5.73 Å². The molecule has 0 fully saturated rings. The van der Waals surface area contributed by atoms with Crippen LogP contribution in [-0.4, -0.2) is 36.6 Å². The van der Waals surface area contributed by atoms with Crippen molar-refractivity contribution in [1.29, 1.82) is 0 Å². The molecule has 0 amide bonds. The van der Waals surface area contributed by atoms with Crippen molar-refractivity contribution in [3.8, 4) is 0 Å². The fraction of sp³-hybridized carbons (Fsp3) is 0.900. The number of thiocarbonyl (C=S) groups is 1. The Morgan fingerprint density at radius 1 is 1.38 bits per heavy atom. The second kappa shape index (κ2) is 5.93. The van der Waals surface area contributed by atoms with E-state index in [2.05, 4.69) is 0 Å². The van der Waals surface area contributed by atoms with Gasteiger partial charge in [0.2, 0.25) is 10.0 Å². The van der Waals surface area contributed by atoms with E-state index in [1.54, 1.807) is 6.92 Å². The van der Waals surface area contributed by atoms with Gasteiger partial charge in [-0.1, -0.05) is 39.9 Å². The lowest BCUT2D eigenvalue weighted by atomic mass is 9.94. The Morgan fingerprint density at radius 3 is 2.19 bits per heavy atom. The van der Waals surface area contributed by atoms with Crippen LogP contribution in [0.1, 0.15) is 34.1 Å². The van der Waals surface area contributed by atoms with Crippen LogP contribution in [0, 0.1) is 5.41 Å². The first-order valence-electron chi connectivity index (χ1n) is 5.34. The second-order valence-electron chi connectivity index (χ2n) is 5.02. The molecule has 2 N–H and O–H groups in total. The van der Waals surface area contributed by atoms with Crippen LogP contribution in [0.25, 0.3) is 0 Å². The molecule has 0 radical (unpaired) electrons. The van der Waals surface area contributed by atoms with Crippen molar-refractivity contribution in [2.45, 2.75) is 34.1 Å². The zero-order chi connectivity index (χ0) is 13.0. The number of nitrogens with zero attached hydrogens (tertiary/aromatic N) is 1. The van der Waals surface area contributed by atoms with Gasteiger partial charge in [0.15, 0.2) is 0 Å². The molecule has 0 saturated carbocycles. The minimum atomic E-state index is -3.23. The van der Waals surface area contributed by atoms with E-state index in [0.29, 0.717) is 13.0 Å². The van der Waals surface area contributed by atoms with Gasteiger partial charge in [-0.3, -0.25) is 0 Å². The quantitative estimate of drug-likeness (QED) is 0.737. The molecule has 0 rings (SSSR count). The van der Waals surface area contributed by atoms with Gasteiger partial charge in [0, 0.05) is 6.54 Å². The predicted molar refractivity (Wildman–Crippen MR) is 71.9 cm³/mol. The van der Waals surface area contributed by atoms with Crippen molar-refractivity contribution in [3.05, 3.63) is 0 Å². The first-order valence-corrected chi connectivity index (χ1v) is 7.36. The molecule has 0 aromatic carbocycles. The molecule has 0 spiro atoms. The van der Waals surface area contributed by atoms with Gasteiger partial charge in [-0.2, -0.15) is 4.31 Å². The number of hydrogen-bond acceptors (Lipinski definition) is 3. The first-order chi connectivity index (χ1) is 7.08. The van der Waals surface area contributed by atoms with E-state index < -0.39 is 10.0 Å². The fourth-order valence-corrected chi connectivity index (χ4v) is 3.24. The van der Waals surface area contributed by atoms with Gasteiger partial charge in [0.05, 0.1) is 17.3 Å². The Bertz CT molecular complexity index is 331. The Balaban J connectivity index is 4.56. The van der Waals surface area contributed by atoms with Crippen molar-refractivity contribution in [3.63, 3.8) is 0 Å². The van der Waals surface area contributed by atoms with E-state index in [0.717, 1.165) is 0 Å². The summed E-state index contributed by atoms with van der Waals surface area (Å²) in [6.07, 6.45) is 0.628. The predicted octanol–water partition coefficient (Wildman–Crippen LogP) is 1.36. The number of hydrogen-bond donors (Lipinski definition) is 1. The highest BCUT2D eigenvalue weighted by atomic mass is 32.2. The van der Waals surface area contributed by atoms with Crippen molar-refractivity contribution in [1.82, 2.24) is 4.31 Å². The van der Waals surface area contributed by atoms with E-state index in [1.165, 1.54) is 4.31 Å². The summed E-state index contributed by atoms with van der Waals surface area (Å²) in [5.74, 6) is 0.146. The van der Waals surface area contributed by atoms with E-state index in [9.17, 15) is 8.42 Å². The van der Waals surface area contributed by atoms with Crippen molar-refractivity contribution in [2.24, 2.45) is 11.1 Å². The lowest BCUT2D eigenvalue weighted by molar-refractivity contribution is 0.388.